The lowest BCUT2D eigenvalue weighted by Crippen LogP contribution is -2.13. The number of benzene rings is 2. The molecule has 138 valence electrons. The Labute approximate surface area is 159 Å². The molecule has 0 spiro atoms. The van der Waals surface area contributed by atoms with Gasteiger partial charge < -0.3 is 4.74 Å². The summed E-state index contributed by atoms with van der Waals surface area (Å²) in [7, 11) is 0. The zero-order chi connectivity index (χ0) is 19.2. The second kappa shape index (κ2) is 8.41. The predicted molar refractivity (Wildman–Crippen MR) is 104 cm³/mol. The van der Waals surface area contributed by atoms with Crippen LogP contribution in [0.3, 0.4) is 0 Å². The van der Waals surface area contributed by atoms with E-state index in [0.717, 1.165) is 10.4 Å². The Morgan fingerprint density at radius 2 is 2.07 bits per heavy atom. The van der Waals surface area contributed by atoms with Crippen molar-refractivity contribution in [3.8, 4) is 5.75 Å². The van der Waals surface area contributed by atoms with Gasteiger partial charge in [0, 0.05) is 29.6 Å². The Morgan fingerprint density at radius 3 is 2.85 bits per heavy atom. The van der Waals surface area contributed by atoms with Gasteiger partial charge in [0.05, 0.1) is 17.1 Å². The fourth-order valence-corrected chi connectivity index (χ4v) is 3.37. The van der Waals surface area contributed by atoms with Crippen molar-refractivity contribution in [2.45, 2.75) is 13.3 Å². The molecule has 0 saturated heterocycles. The molecule has 1 heterocycles. The number of para-hydroxylation sites is 1. The van der Waals surface area contributed by atoms with E-state index in [2.05, 4.69) is 10.3 Å². The molecule has 1 N–H and O–H groups in total. The van der Waals surface area contributed by atoms with E-state index in [4.69, 9.17) is 4.74 Å². The molecule has 1 aromatic heterocycles. The number of aromatic nitrogens is 1. The lowest BCUT2D eigenvalue weighted by molar-refractivity contribution is -0.384. The first-order chi connectivity index (χ1) is 13.1. The Bertz CT molecular complexity index is 971. The number of hydrogen-bond acceptors (Lipinski definition) is 6. The minimum absolute atomic E-state index is 0.0538. The summed E-state index contributed by atoms with van der Waals surface area (Å²) < 4.78 is 5.48. The van der Waals surface area contributed by atoms with Gasteiger partial charge in [0.25, 0.3) is 11.6 Å². The summed E-state index contributed by atoms with van der Waals surface area (Å²) >= 11 is 1.33. The molecule has 1 amide bonds. The van der Waals surface area contributed by atoms with Crippen molar-refractivity contribution in [3.63, 3.8) is 0 Å². The quantitative estimate of drug-likeness (QED) is 0.485. The smallest absolute Gasteiger partial charge is 0.269 e. The van der Waals surface area contributed by atoms with Gasteiger partial charge in [-0.15, -0.1) is 11.3 Å². The van der Waals surface area contributed by atoms with Crippen molar-refractivity contribution in [2.75, 3.05) is 11.9 Å². The third-order valence-corrected chi connectivity index (χ3v) is 4.62. The molecule has 2 aromatic carbocycles. The first kappa shape index (κ1) is 18.5. The highest BCUT2D eigenvalue weighted by molar-refractivity contribution is 7.15. The normalized spacial score (nSPS) is 10.4. The van der Waals surface area contributed by atoms with Crippen LogP contribution in [0.15, 0.2) is 54.7 Å². The summed E-state index contributed by atoms with van der Waals surface area (Å²) in [6.45, 7) is 2.32. The van der Waals surface area contributed by atoms with Crippen LogP contribution >= 0.6 is 11.3 Å². The van der Waals surface area contributed by atoms with Crippen LogP contribution in [-0.2, 0) is 6.42 Å². The summed E-state index contributed by atoms with van der Waals surface area (Å²) in [6, 6.07) is 13.5. The van der Waals surface area contributed by atoms with E-state index >= 15 is 0 Å². The van der Waals surface area contributed by atoms with Crippen molar-refractivity contribution >= 4 is 28.1 Å². The van der Waals surface area contributed by atoms with Crippen LogP contribution in [0.25, 0.3) is 0 Å². The topological polar surface area (TPSA) is 94.4 Å². The maximum atomic E-state index is 12.5. The highest BCUT2D eigenvalue weighted by atomic mass is 32.1. The summed E-state index contributed by atoms with van der Waals surface area (Å²) in [5, 5.41) is 14.1. The largest absolute Gasteiger partial charge is 0.493 e. The number of nitrogens with zero attached hydrogens (tertiary/aromatic N) is 2. The number of non-ortho nitro benzene ring substituents is 1. The zero-order valence-electron chi connectivity index (χ0n) is 14.5. The second-order valence-electron chi connectivity index (χ2n) is 5.62. The number of carbonyl (C=O) groups is 1. The number of thiazole rings is 1. The standard InChI is InChI=1S/C19H17N3O4S/c1-2-26-17-9-4-3-8-16(17)18(23)21-19-20-12-15(27-19)11-13-6-5-7-14(10-13)22(24)25/h3-10,12H,2,11H2,1H3,(H,20,21,23). The summed E-state index contributed by atoms with van der Waals surface area (Å²) in [6.07, 6.45) is 2.16. The lowest BCUT2D eigenvalue weighted by Gasteiger charge is -2.08. The van der Waals surface area contributed by atoms with Gasteiger partial charge in [-0.1, -0.05) is 24.3 Å². The van der Waals surface area contributed by atoms with Gasteiger partial charge >= 0.3 is 0 Å². The third-order valence-electron chi connectivity index (χ3n) is 3.71. The summed E-state index contributed by atoms with van der Waals surface area (Å²) in [4.78, 5) is 28.1. The van der Waals surface area contributed by atoms with Crippen molar-refractivity contribution < 1.29 is 14.5 Å². The number of amides is 1. The van der Waals surface area contributed by atoms with E-state index in [1.165, 1.54) is 23.5 Å². The number of ether oxygens (including phenoxy) is 1. The molecule has 0 bridgehead atoms. The SMILES string of the molecule is CCOc1ccccc1C(=O)Nc1ncc(Cc2cccc([N+](=O)[O-])c2)s1. The van der Waals surface area contributed by atoms with Crippen LogP contribution in [0.4, 0.5) is 10.8 Å². The van der Waals surface area contributed by atoms with Gasteiger partial charge in [0.2, 0.25) is 0 Å². The molecule has 7 nitrogen and oxygen atoms in total. The predicted octanol–water partition coefficient (Wildman–Crippen LogP) is 4.29. The average Bonchev–Trinajstić information content (AvgIpc) is 3.09. The van der Waals surface area contributed by atoms with Gasteiger partial charge in [0.15, 0.2) is 5.13 Å². The summed E-state index contributed by atoms with van der Waals surface area (Å²) in [5.74, 6) is 0.223. The number of nitro benzene ring substituents is 1. The Morgan fingerprint density at radius 1 is 1.26 bits per heavy atom. The number of rotatable bonds is 7. The van der Waals surface area contributed by atoms with Crippen LogP contribution in [0, 0.1) is 10.1 Å². The third kappa shape index (κ3) is 4.68. The van der Waals surface area contributed by atoms with Crippen LogP contribution in [-0.4, -0.2) is 22.4 Å². The van der Waals surface area contributed by atoms with Gasteiger partial charge in [-0.3, -0.25) is 20.2 Å². The molecule has 0 fully saturated rings. The highest BCUT2D eigenvalue weighted by Gasteiger charge is 2.14. The van der Waals surface area contributed by atoms with E-state index in [0.29, 0.717) is 29.5 Å². The number of anilines is 1. The maximum absolute atomic E-state index is 12.5. The molecule has 3 aromatic rings. The lowest BCUT2D eigenvalue weighted by atomic mass is 10.1. The van der Waals surface area contributed by atoms with E-state index in [9.17, 15) is 14.9 Å². The molecule has 0 aliphatic carbocycles. The van der Waals surface area contributed by atoms with Crippen molar-refractivity contribution in [2.24, 2.45) is 0 Å². The highest BCUT2D eigenvalue weighted by Crippen LogP contribution is 2.25. The fraction of sp³-hybridized carbons (Fsp3) is 0.158. The van der Waals surface area contributed by atoms with Gasteiger partial charge in [0.1, 0.15) is 5.75 Å². The van der Waals surface area contributed by atoms with Crippen molar-refractivity contribution in [1.29, 1.82) is 0 Å². The van der Waals surface area contributed by atoms with E-state index < -0.39 is 4.92 Å². The maximum Gasteiger partial charge on any atom is 0.269 e. The number of nitro groups is 1. The molecule has 0 saturated carbocycles. The Kier molecular flexibility index (Phi) is 5.77. The molecule has 0 aliphatic heterocycles. The first-order valence-electron chi connectivity index (χ1n) is 8.28. The van der Waals surface area contributed by atoms with E-state index in [1.54, 1.807) is 30.5 Å². The van der Waals surface area contributed by atoms with Crippen LogP contribution in [0.2, 0.25) is 0 Å². The van der Waals surface area contributed by atoms with Crippen LogP contribution in [0.1, 0.15) is 27.7 Å². The van der Waals surface area contributed by atoms with Gasteiger partial charge in [-0.25, -0.2) is 4.98 Å². The van der Waals surface area contributed by atoms with Crippen molar-refractivity contribution in [3.05, 3.63) is 80.8 Å². The van der Waals surface area contributed by atoms with Gasteiger partial charge in [-0.05, 0) is 24.6 Å². The van der Waals surface area contributed by atoms with Crippen LogP contribution < -0.4 is 10.1 Å². The Hall–Kier alpha value is -3.26. The molecule has 27 heavy (non-hydrogen) atoms. The average molecular weight is 383 g/mol. The molecule has 0 unspecified atom stereocenters. The number of carbonyl (C=O) groups excluding carboxylic acids is 1. The van der Waals surface area contributed by atoms with E-state index in [-0.39, 0.29) is 11.6 Å². The minimum Gasteiger partial charge on any atom is -0.493 e. The summed E-state index contributed by atoms with van der Waals surface area (Å²) in [5.41, 5.74) is 1.31. The monoisotopic (exact) mass is 383 g/mol. The fourth-order valence-electron chi connectivity index (χ4n) is 2.53. The minimum atomic E-state index is -0.419. The molecule has 0 atom stereocenters. The number of hydrogen-bond donors (Lipinski definition) is 1. The molecular weight excluding hydrogens is 366 g/mol. The molecule has 8 heteroatoms. The second-order valence-corrected chi connectivity index (χ2v) is 6.73. The van der Waals surface area contributed by atoms with E-state index in [1.807, 2.05) is 19.1 Å². The molecule has 0 aliphatic rings. The molecular formula is C19H17N3O4S. The molecule has 3 rings (SSSR count). The van der Waals surface area contributed by atoms with Crippen molar-refractivity contribution in [1.82, 2.24) is 4.98 Å². The Balaban J connectivity index is 1.70. The number of nitrogens with one attached hydrogen (secondary N) is 1. The molecule has 0 radical (unpaired) electrons. The van der Waals surface area contributed by atoms with Crippen LogP contribution in [0.5, 0.6) is 5.75 Å². The zero-order valence-corrected chi connectivity index (χ0v) is 15.4. The van der Waals surface area contributed by atoms with Gasteiger partial charge in [-0.2, -0.15) is 0 Å². The first-order valence-corrected chi connectivity index (χ1v) is 9.09.